The molecule has 0 bridgehead atoms. The monoisotopic (exact) mass is 187 g/mol. The summed E-state index contributed by atoms with van der Waals surface area (Å²) in [5.74, 6) is 0. The van der Waals surface area contributed by atoms with E-state index in [-0.39, 0.29) is 6.10 Å². The lowest BCUT2D eigenvalue weighted by molar-refractivity contribution is -0.00169. The third-order valence-electron chi connectivity index (χ3n) is 1.53. The van der Waals surface area contributed by atoms with E-state index in [0.717, 1.165) is 26.3 Å². The molecule has 0 aliphatic rings. The van der Waals surface area contributed by atoms with E-state index in [1.807, 2.05) is 19.9 Å². The minimum absolute atomic E-state index is 0.186. The van der Waals surface area contributed by atoms with Gasteiger partial charge in [0.15, 0.2) is 0 Å². The Morgan fingerprint density at radius 3 is 2.92 bits per heavy atom. The summed E-state index contributed by atoms with van der Waals surface area (Å²) in [6, 6.07) is 0. The van der Waals surface area contributed by atoms with Crippen molar-refractivity contribution in [1.29, 1.82) is 0 Å². The fourth-order valence-corrected chi connectivity index (χ4v) is 0.868. The fraction of sp³-hybridized carbons (Fsp3) is 0.800. The highest BCUT2D eigenvalue weighted by atomic mass is 16.5. The van der Waals surface area contributed by atoms with Crippen LogP contribution in [0.2, 0.25) is 0 Å². The minimum atomic E-state index is 0.186. The molecule has 0 saturated carbocycles. The van der Waals surface area contributed by atoms with Gasteiger partial charge in [-0.2, -0.15) is 0 Å². The van der Waals surface area contributed by atoms with Crippen LogP contribution < -0.4 is 5.32 Å². The second-order valence-corrected chi connectivity index (χ2v) is 2.83. The Morgan fingerprint density at radius 1 is 1.54 bits per heavy atom. The van der Waals surface area contributed by atoms with Gasteiger partial charge in [0.05, 0.1) is 19.3 Å². The number of rotatable bonds is 9. The molecular weight excluding hydrogens is 166 g/mol. The van der Waals surface area contributed by atoms with Gasteiger partial charge >= 0.3 is 0 Å². The van der Waals surface area contributed by atoms with E-state index in [1.54, 1.807) is 0 Å². The molecule has 1 atom stereocenters. The Hall–Kier alpha value is -0.380. The van der Waals surface area contributed by atoms with Gasteiger partial charge in [0.1, 0.15) is 0 Å². The van der Waals surface area contributed by atoms with E-state index >= 15 is 0 Å². The molecule has 0 aromatic carbocycles. The highest BCUT2D eigenvalue weighted by molar-refractivity contribution is 4.69. The first kappa shape index (κ1) is 12.6. The van der Waals surface area contributed by atoms with Crippen molar-refractivity contribution in [3.63, 3.8) is 0 Å². The van der Waals surface area contributed by atoms with Gasteiger partial charge in [0, 0.05) is 19.7 Å². The third-order valence-corrected chi connectivity index (χ3v) is 1.53. The first-order valence-electron chi connectivity index (χ1n) is 4.82. The summed E-state index contributed by atoms with van der Waals surface area (Å²) < 4.78 is 10.7. The van der Waals surface area contributed by atoms with Crippen molar-refractivity contribution in [1.82, 2.24) is 5.32 Å². The van der Waals surface area contributed by atoms with Gasteiger partial charge in [0.2, 0.25) is 0 Å². The van der Waals surface area contributed by atoms with Gasteiger partial charge in [-0.3, -0.25) is 0 Å². The molecule has 13 heavy (non-hydrogen) atoms. The van der Waals surface area contributed by atoms with E-state index in [9.17, 15) is 0 Å². The topological polar surface area (TPSA) is 30.5 Å². The van der Waals surface area contributed by atoms with Gasteiger partial charge < -0.3 is 14.8 Å². The molecule has 0 spiro atoms. The molecule has 0 heterocycles. The first-order chi connectivity index (χ1) is 6.31. The first-order valence-corrected chi connectivity index (χ1v) is 4.82. The van der Waals surface area contributed by atoms with Crippen molar-refractivity contribution >= 4 is 0 Å². The molecule has 0 radical (unpaired) electrons. The van der Waals surface area contributed by atoms with E-state index in [4.69, 9.17) is 9.47 Å². The zero-order valence-corrected chi connectivity index (χ0v) is 8.71. The summed E-state index contributed by atoms with van der Waals surface area (Å²) in [6.45, 7) is 11.5. The predicted molar refractivity (Wildman–Crippen MR) is 55.0 cm³/mol. The second-order valence-electron chi connectivity index (χ2n) is 2.83. The molecular formula is C10H21NO2. The van der Waals surface area contributed by atoms with E-state index in [1.165, 1.54) is 0 Å². The van der Waals surface area contributed by atoms with Crippen LogP contribution in [0.25, 0.3) is 0 Å². The summed E-state index contributed by atoms with van der Waals surface area (Å²) in [6.07, 6.45) is 2.02. The molecule has 0 aromatic rings. The molecule has 0 saturated heterocycles. The molecule has 3 heteroatoms. The van der Waals surface area contributed by atoms with Gasteiger partial charge in [-0.25, -0.2) is 0 Å². The van der Waals surface area contributed by atoms with Crippen molar-refractivity contribution in [3.8, 4) is 0 Å². The van der Waals surface area contributed by atoms with Crippen LogP contribution in [0.3, 0.4) is 0 Å². The van der Waals surface area contributed by atoms with E-state index in [2.05, 4.69) is 11.9 Å². The normalized spacial score (nSPS) is 12.8. The van der Waals surface area contributed by atoms with E-state index in [0.29, 0.717) is 6.61 Å². The average molecular weight is 187 g/mol. The molecule has 0 aliphatic heterocycles. The molecule has 0 rings (SSSR count). The molecule has 1 N–H and O–H groups in total. The number of hydrogen-bond donors (Lipinski definition) is 1. The van der Waals surface area contributed by atoms with Crippen molar-refractivity contribution in [3.05, 3.63) is 12.7 Å². The third kappa shape index (κ3) is 9.53. The fourth-order valence-electron chi connectivity index (χ4n) is 0.868. The Labute approximate surface area is 81.1 Å². The Kier molecular flexibility index (Phi) is 9.42. The van der Waals surface area contributed by atoms with Gasteiger partial charge in [-0.1, -0.05) is 6.08 Å². The van der Waals surface area contributed by atoms with Crippen molar-refractivity contribution in [2.75, 3.05) is 32.9 Å². The molecule has 78 valence electrons. The molecule has 1 unspecified atom stereocenters. The number of hydrogen-bond acceptors (Lipinski definition) is 3. The van der Waals surface area contributed by atoms with Crippen LogP contribution in [0.4, 0.5) is 0 Å². The van der Waals surface area contributed by atoms with Crippen molar-refractivity contribution < 1.29 is 9.47 Å². The zero-order valence-electron chi connectivity index (χ0n) is 8.71. The lowest BCUT2D eigenvalue weighted by Gasteiger charge is -2.12. The average Bonchev–Trinajstić information content (AvgIpc) is 2.14. The van der Waals surface area contributed by atoms with Crippen LogP contribution in [0, 0.1) is 0 Å². The Morgan fingerprint density at radius 2 is 2.31 bits per heavy atom. The lowest BCUT2D eigenvalue weighted by atomic mass is 10.4. The van der Waals surface area contributed by atoms with E-state index < -0.39 is 0 Å². The van der Waals surface area contributed by atoms with Gasteiger partial charge in [-0.05, 0) is 13.8 Å². The summed E-state index contributed by atoms with van der Waals surface area (Å²) in [7, 11) is 0. The summed E-state index contributed by atoms with van der Waals surface area (Å²) >= 11 is 0. The van der Waals surface area contributed by atoms with Crippen LogP contribution in [-0.4, -0.2) is 39.0 Å². The molecule has 0 aliphatic carbocycles. The maximum atomic E-state index is 5.47. The quantitative estimate of drug-likeness (QED) is 0.434. The van der Waals surface area contributed by atoms with Crippen molar-refractivity contribution in [2.24, 2.45) is 0 Å². The van der Waals surface area contributed by atoms with Crippen molar-refractivity contribution in [2.45, 2.75) is 20.0 Å². The molecule has 3 nitrogen and oxygen atoms in total. The molecule has 0 aromatic heterocycles. The number of nitrogens with one attached hydrogen (secondary N) is 1. The van der Waals surface area contributed by atoms with Crippen LogP contribution in [0.5, 0.6) is 0 Å². The summed E-state index contributed by atoms with van der Waals surface area (Å²) in [5.41, 5.74) is 0. The van der Waals surface area contributed by atoms with Crippen LogP contribution in [-0.2, 0) is 9.47 Å². The van der Waals surface area contributed by atoms with Crippen LogP contribution in [0.15, 0.2) is 12.7 Å². The van der Waals surface area contributed by atoms with Crippen LogP contribution >= 0.6 is 0 Å². The maximum absolute atomic E-state index is 5.47. The summed E-state index contributed by atoms with van der Waals surface area (Å²) in [4.78, 5) is 0. The lowest BCUT2D eigenvalue weighted by Crippen LogP contribution is -2.24. The highest BCUT2D eigenvalue weighted by Crippen LogP contribution is 1.90. The minimum Gasteiger partial charge on any atom is -0.379 e. The Balaban J connectivity index is 3.07. The second kappa shape index (κ2) is 9.71. The van der Waals surface area contributed by atoms with Gasteiger partial charge in [-0.15, -0.1) is 6.58 Å². The largest absolute Gasteiger partial charge is 0.379 e. The summed E-state index contributed by atoms with van der Waals surface area (Å²) in [5, 5.41) is 3.16. The highest BCUT2D eigenvalue weighted by Gasteiger charge is 1.99. The maximum Gasteiger partial charge on any atom is 0.0781 e. The zero-order chi connectivity index (χ0) is 9.94. The van der Waals surface area contributed by atoms with Crippen LogP contribution in [0.1, 0.15) is 13.8 Å². The SMILES string of the molecule is C=CCNCCOC(C)COCC. The standard InChI is InChI=1S/C10H21NO2/c1-4-6-11-7-8-13-10(3)9-12-5-2/h4,10-11H,1,5-9H2,2-3H3. The van der Waals surface area contributed by atoms with Gasteiger partial charge in [0.25, 0.3) is 0 Å². The molecule has 0 fully saturated rings. The number of ether oxygens (including phenoxy) is 2. The predicted octanol–water partition coefficient (Wildman–Crippen LogP) is 1.20. The Bertz CT molecular complexity index is 117. The smallest absolute Gasteiger partial charge is 0.0781 e. The molecule has 0 amide bonds.